The average molecular weight is 427 g/mol. The van der Waals surface area contributed by atoms with Crippen LogP contribution in [0.2, 0.25) is 0 Å². The van der Waals surface area contributed by atoms with Crippen molar-refractivity contribution in [2.24, 2.45) is 0 Å². The lowest BCUT2D eigenvalue weighted by Crippen LogP contribution is -2.02. The van der Waals surface area contributed by atoms with Crippen molar-refractivity contribution < 1.29 is 18.9 Å². The van der Waals surface area contributed by atoms with E-state index in [2.05, 4.69) is 0 Å². The lowest BCUT2D eigenvalue weighted by molar-refractivity contribution is 0.281. The molecule has 0 heterocycles. The fourth-order valence-corrected chi connectivity index (χ4v) is 3.53. The van der Waals surface area contributed by atoms with Gasteiger partial charge in [0.25, 0.3) is 0 Å². The van der Waals surface area contributed by atoms with E-state index < -0.39 is 0 Å². The molecule has 4 aromatic rings. The zero-order valence-corrected chi connectivity index (χ0v) is 18.3. The second-order valence-electron chi connectivity index (χ2n) is 7.22. The molecule has 0 fully saturated rings. The van der Waals surface area contributed by atoms with E-state index in [-0.39, 0.29) is 0 Å². The minimum Gasteiger partial charge on any atom is -0.493 e. The third-order valence-corrected chi connectivity index (χ3v) is 5.14. The number of hydrogen-bond acceptors (Lipinski definition) is 4. The van der Waals surface area contributed by atoms with Crippen molar-refractivity contribution in [1.29, 1.82) is 0 Å². The van der Waals surface area contributed by atoms with E-state index in [0.29, 0.717) is 36.2 Å². The van der Waals surface area contributed by atoms with Crippen LogP contribution in [0.15, 0.2) is 97.1 Å². The van der Waals surface area contributed by atoms with E-state index in [0.717, 1.165) is 22.3 Å². The molecule has 4 nitrogen and oxygen atoms in total. The van der Waals surface area contributed by atoms with Crippen LogP contribution in [0.25, 0.3) is 11.1 Å². The molecule has 0 aliphatic rings. The predicted octanol–water partition coefficient (Wildman–Crippen LogP) is 6.53. The highest BCUT2D eigenvalue weighted by Crippen LogP contribution is 2.45. The Bertz CT molecular complexity index is 1050. The second-order valence-corrected chi connectivity index (χ2v) is 7.22. The standard InChI is InChI=1S/C28H26O4/c1-29-25-17-9-15-23(27(25)31-19-21-11-5-3-6-12-21)24-16-10-18-26(30-2)28(24)32-20-22-13-7-4-8-14-22/h3-18H,19-20H2,1-2H3. The Balaban J connectivity index is 1.72. The van der Waals surface area contributed by atoms with Crippen LogP contribution in [0.1, 0.15) is 11.1 Å². The summed E-state index contributed by atoms with van der Waals surface area (Å²) < 4.78 is 23.8. The number of benzene rings is 4. The Morgan fingerprint density at radius 1 is 0.469 bits per heavy atom. The first kappa shape index (κ1) is 21.3. The quantitative estimate of drug-likeness (QED) is 0.305. The Labute approximate surface area is 189 Å². The van der Waals surface area contributed by atoms with Gasteiger partial charge in [0, 0.05) is 11.1 Å². The smallest absolute Gasteiger partial charge is 0.169 e. The van der Waals surface area contributed by atoms with Crippen LogP contribution in [-0.4, -0.2) is 14.2 Å². The first-order valence-electron chi connectivity index (χ1n) is 10.5. The number of hydrogen-bond donors (Lipinski definition) is 0. The first-order valence-corrected chi connectivity index (χ1v) is 10.5. The summed E-state index contributed by atoms with van der Waals surface area (Å²) in [7, 11) is 3.29. The highest BCUT2D eigenvalue weighted by molar-refractivity contribution is 5.80. The van der Waals surface area contributed by atoms with Crippen molar-refractivity contribution in [2.75, 3.05) is 14.2 Å². The molecule has 0 spiro atoms. The lowest BCUT2D eigenvalue weighted by Gasteiger charge is -2.19. The minimum atomic E-state index is 0.429. The molecule has 0 unspecified atom stereocenters. The molecule has 0 aliphatic heterocycles. The van der Waals surface area contributed by atoms with Crippen molar-refractivity contribution in [3.8, 4) is 34.1 Å². The molecule has 0 N–H and O–H groups in total. The molecule has 4 aromatic carbocycles. The number of para-hydroxylation sites is 2. The van der Waals surface area contributed by atoms with Gasteiger partial charge in [-0.05, 0) is 23.3 Å². The molecule has 32 heavy (non-hydrogen) atoms. The van der Waals surface area contributed by atoms with Crippen LogP contribution < -0.4 is 18.9 Å². The minimum absolute atomic E-state index is 0.429. The van der Waals surface area contributed by atoms with Crippen LogP contribution in [0.4, 0.5) is 0 Å². The van der Waals surface area contributed by atoms with Crippen molar-refractivity contribution in [2.45, 2.75) is 13.2 Å². The van der Waals surface area contributed by atoms with Gasteiger partial charge in [-0.2, -0.15) is 0 Å². The average Bonchev–Trinajstić information content (AvgIpc) is 2.87. The summed E-state index contributed by atoms with van der Waals surface area (Å²) in [5.41, 5.74) is 3.91. The van der Waals surface area contributed by atoms with E-state index in [4.69, 9.17) is 18.9 Å². The fraction of sp³-hybridized carbons (Fsp3) is 0.143. The van der Waals surface area contributed by atoms with Gasteiger partial charge in [-0.25, -0.2) is 0 Å². The summed E-state index contributed by atoms with van der Waals surface area (Å²) in [5, 5.41) is 0. The SMILES string of the molecule is COc1cccc(-c2cccc(OC)c2OCc2ccccc2)c1OCc1ccccc1. The van der Waals surface area contributed by atoms with E-state index in [1.54, 1.807) is 14.2 Å². The largest absolute Gasteiger partial charge is 0.493 e. The Kier molecular flexibility index (Phi) is 6.93. The summed E-state index contributed by atoms with van der Waals surface area (Å²) in [4.78, 5) is 0. The van der Waals surface area contributed by atoms with Gasteiger partial charge in [0.2, 0.25) is 0 Å². The molecule has 4 heteroatoms. The molecule has 0 bridgehead atoms. The summed E-state index contributed by atoms with van der Waals surface area (Å²) in [6.45, 7) is 0.858. The third-order valence-electron chi connectivity index (χ3n) is 5.14. The normalized spacial score (nSPS) is 10.4. The zero-order chi connectivity index (χ0) is 22.2. The van der Waals surface area contributed by atoms with Gasteiger partial charge >= 0.3 is 0 Å². The van der Waals surface area contributed by atoms with E-state index in [9.17, 15) is 0 Å². The Hall–Kier alpha value is -3.92. The molecule has 0 radical (unpaired) electrons. The molecule has 4 rings (SSSR count). The highest BCUT2D eigenvalue weighted by Gasteiger charge is 2.19. The van der Waals surface area contributed by atoms with Crippen molar-refractivity contribution >= 4 is 0 Å². The summed E-state index contributed by atoms with van der Waals surface area (Å²) in [6.07, 6.45) is 0. The molecular weight excluding hydrogens is 400 g/mol. The van der Waals surface area contributed by atoms with Gasteiger partial charge in [-0.15, -0.1) is 0 Å². The fourth-order valence-electron chi connectivity index (χ4n) is 3.53. The van der Waals surface area contributed by atoms with Gasteiger partial charge in [0.1, 0.15) is 13.2 Å². The highest BCUT2D eigenvalue weighted by atomic mass is 16.5. The number of ether oxygens (including phenoxy) is 4. The van der Waals surface area contributed by atoms with Crippen LogP contribution in [0.5, 0.6) is 23.0 Å². The van der Waals surface area contributed by atoms with Gasteiger partial charge in [-0.3, -0.25) is 0 Å². The van der Waals surface area contributed by atoms with E-state index in [1.165, 1.54) is 0 Å². The summed E-state index contributed by atoms with van der Waals surface area (Å²) in [5.74, 6) is 2.65. The summed E-state index contributed by atoms with van der Waals surface area (Å²) in [6, 6.07) is 31.8. The predicted molar refractivity (Wildman–Crippen MR) is 127 cm³/mol. The maximum atomic E-state index is 6.27. The van der Waals surface area contributed by atoms with Crippen molar-refractivity contribution in [3.63, 3.8) is 0 Å². The van der Waals surface area contributed by atoms with Crippen molar-refractivity contribution in [3.05, 3.63) is 108 Å². The Morgan fingerprint density at radius 2 is 0.875 bits per heavy atom. The van der Waals surface area contributed by atoms with Gasteiger partial charge in [-0.1, -0.05) is 84.9 Å². The first-order chi connectivity index (χ1) is 15.8. The topological polar surface area (TPSA) is 36.9 Å². The van der Waals surface area contributed by atoms with Gasteiger partial charge in [0.15, 0.2) is 23.0 Å². The molecule has 0 aliphatic carbocycles. The third kappa shape index (κ3) is 4.86. The second kappa shape index (κ2) is 10.4. The maximum Gasteiger partial charge on any atom is 0.169 e. The van der Waals surface area contributed by atoms with Gasteiger partial charge in [0.05, 0.1) is 14.2 Å². The molecule has 0 saturated carbocycles. The molecular formula is C28H26O4. The molecule has 0 amide bonds. The van der Waals surface area contributed by atoms with E-state index >= 15 is 0 Å². The monoisotopic (exact) mass is 426 g/mol. The lowest BCUT2D eigenvalue weighted by atomic mass is 10.0. The number of rotatable bonds is 9. The maximum absolute atomic E-state index is 6.27. The van der Waals surface area contributed by atoms with Crippen LogP contribution >= 0.6 is 0 Å². The number of methoxy groups -OCH3 is 2. The zero-order valence-electron chi connectivity index (χ0n) is 18.3. The molecule has 0 aromatic heterocycles. The Morgan fingerprint density at radius 3 is 1.25 bits per heavy atom. The molecule has 0 atom stereocenters. The van der Waals surface area contributed by atoms with Gasteiger partial charge < -0.3 is 18.9 Å². The van der Waals surface area contributed by atoms with E-state index in [1.807, 2.05) is 97.1 Å². The molecule has 162 valence electrons. The summed E-state index contributed by atoms with van der Waals surface area (Å²) >= 11 is 0. The van der Waals surface area contributed by atoms with Crippen LogP contribution in [-0.2, 0) is 13.2 Å². The molecule has 0 saturated heterocycles. The van der Waals surface area contributed by atoms with Crippen molar-refractivity contribution in [1.82, 2.24) is 0 Å². The van der Waals surface area contributed by atoms with Crippen LogP contribution in [0, 0.1) is 0 Å². The van der Waals surface area contributed by atoms with Crippen LogP contribution in [0.3, 0.4) is 0 Å².